The molecular formula is C12H15NO4S. The molecule has 2 heterocycles. The lowest BCUT2D eigenvalue weighted by Crippen LogP contribution is -2.49. The summed E-state index contributed by atoms with van der Waals surface area (Å²) in [6, 6.07) is 3.82. The first kappa shape index (κ1) is 13.0. The number of morpholine rings is 1. The van der Waals surface area contributed by atoms with Crippen molar-refractivity contribution >= 4 is 23.2 Å². The van der Waals surface area contributed by atoms with Crippen molar-refractivity contribution in [1.29, 1.82) is 0 Å². The largest absolute Gasteiger partial charge is 0.479 e. The molecule has 0 spiro atoms. The second kappa shape index (κ2) is 5.49. The van der Waals surface area contributed by atoms with E-state index >= 15 is 0 Å². The SMILES string of the molecule is CC(C(=O)N1CCOC(C(=O)O)C1)c1cccs1. The van der Waals surface area contributed by atoms with Gasteiger partial charge in [-0.15, -0.1) is 11.3 Å². The number of hydrogen-bond acceptors (Lipinski definition) is 4. The van der Waals surface area contributed by atoms with E-state index in [-0.39, 0.29) is 25.0 Å². The van der Waals surface area contributed by atoms with Crippen molar-refractivity contribution in [2.45, 2.75) is 18.9 Å². The maximum absolute atomic E-state index is 12.2. The Hall–Kier alpha value is -1.40. The highest BCUT2D eigenvalue weighted by Gasteiger charge is 2.31. The summed E-state index contributed by atoms with van der Waals surface area (Å²) in [7, 11) is 0. The summed E-state index contributed by atoms with van der Waals surface area (Å²) in [6.45, 7) is 2.71. The van der Waals surface area contributed by atoms with Gasteiger partial charge >= 0.3 is 5.97 Å². The number of ether oxygens (including phenoxy) is 1. The topological polar surface area (TPSA) is 66.8 Å². The zero-order valence-electron chi connectivity index (χ0n) is 10.0. The second-order valence-electron chi connectivity index (χ2n) is 4.22. The molecule has 2 rings (SSSR count). The minimum atomic E-state index is -1.02. The summed E-state index contributed by atoms with van der Waals surface area (Å²) in [4.78, 5) is 25.7. The van der Waals surface area contributed by atoms with Crippen molar-refractivity contribution in [3.63, 3.8) is 0 Å². The van der Waals surface area contributed by atoms with Crippen molar-refractivity contribution in [3.05, 3.63) is 22.4 Å². The molecule has 1 amide bonds. The molecule has 1 aliphatic rings. The van der Waals surface area contributed by atoms with Crippen LogP contribution in [0.4, 0.5) is 0 Å². The van der Waals surface area contributed by atoms with E-state index in [9.17, 15) is 9.59 Å². The normalized spacial score (nSPS) is 21.6. The molecule has 0 bridgehead atoms. The second-order valence-corrected chi connectivity index (χ2v) is 5.20. The Labute approximate surface area is 109 Å². The average molecular weight is 269 g/mol. The smallest absolute Gasteiger partial charge is 0.334 e. The van der Waals surface area contributed by atoms with Gasteiger partial charge in [0.1, 0.15) is 0 Å². The van der Waals surface area contributed by atoms with Gasteiger partial charge in [-0.2, -0.15) is 0 Å². The van der Waals surface area contributed by atoms with Crippen molar-refractivity contribution in [2.24, 2.45) is 0 Å². The fourth-order valence-corrected chi connectivity index (χ4v) is 2.71. The summed E-state index contributed by atoms with van der Waals surface area (Å²) in [6.07, 6.45) is -0.904. The van der Waals surface area contributed by atoms with E-state index < -0.39 is 12.1 Å². The van der Waals surface area contributed by atoms with Gasteiger partial charge < -0.3 is 14.7 Å². The molecule has 0 aliphatic carbocycles. The van der Waals surface area contributed by atoms with Crippen LogP contribution in [0.5, 0.6) is 0 Å². The lowest BCUT2D eigenvalue weighted by atomic mass is 10.1. The quantitative estimate of drug-likeness (QED) is 0.894. The molecule has 0 aromatic carbocycles. The third-order valence-electron chi connectivity index (χ3n) is 2.99. The minimum Gasteiger partial charge on any atom is -0.479 e. The van der Waals surface area contributed by atoms with Crippen molar-refractivity contribution in [1.82, 2.24) is 4.90 Å². The molecule has 0 radical (unpaired) electrons. The zero-order valence-corrected chi connectivity index (χ0v) is 10.9. The highest BCUT2D eigenvalue weighted by molar-refractivity contribution is 7.10. The first-order valence-electron chi connectivity index (χ1n) is 5.76. The predicted molar refractivity (Wildman–Crippen MR) is 66.7 cm³/mol. The van der Waals surface area contributed by atoms with Gasteiger partial charge in [0.2, 0.25) is 5.91 Å². The van der Waals surface area contributed by atoms with Crippen LogP contribution in [0.2, 0.25) is 0 Å². The Bertz CT molecular complexity index is 431. The summed E-state index contributed by atoms with van der Waals surface area (Å²) >= 11 is 1.54. The van der Waals surface area contributed by atoms with E-state index in [1.165, 1.54) is 11.3 Å². The van der Waals surface area contributed by atoms with E-state index in [4.69, 9.17) is 9.84 Å². The summed E-state index contributed by atoms with van der Waals surface area (Å²) < 4.78 is 5.10. The van der Waals surface area contributed by atoms with Crippen LogP contribution in [0, 0.1) is 0 Å². The van der Waals surface area contributed by atoms with Crippen LogP contribution in [-0.2, 0) is 14.3 Å². The number of nitrogens with zero attached hydrogens (tertiary/aromatic N) is 1. The number of carboxylic acids is 1. The number of thiophene rings is 1. The first-order chi connectivity index (χ1) is 8.59. The van der Waals surface area contributed by atoms with Crippen LogP contribution in [0.25, 0.3) is 0 Å². The van der Waals surface area contributed by atoms with Gasteiger partial charge in [0.15, 0.2) is 6.10 Å². The molecular weight excluding hydrogens is 254 g/mol. The molecule has 1 aliphatic heterocycles. The van der Waals surface area contributed by atoms with E-state index in [0.717, 1.165) is 4.88 Å². The summed E-state index contributed by atoms with van der Waals surface area (Å²) in [5.41, 5.74) is 0. The Balaban J connectivity index is 2.02. The number of rotatable bonds is 3. The number of aliphatic carboxylic acids is 1. The summed E-state index contributed by atoms with van der Waals surface area (Å²) in [5, 5.41) is 10.8. The van der Waals surface area contributed by atoms with Gasteiger partial charge in [-0.3, -0.25) is 4.79 Å². The molecule has 1 aromatic heterocycles. The third-order valence-corrected chi connectivity index (χ3v) is 4.05. The number of carbonyl (C=O) groups is 2. The van der Waals surface area contributed by atoms with Gasteiger partial charge in [0.05, 0.1) is 19.1 Å². The van der Waals surface area contributed by atoms with Crippen LogP contribution in [0.3, 0.4) is 0 Å². The molecule has 1 N–H and O–H groups in total. The van der Waals surface area contributed by atoms with E-state index in [1.54, 1.807) is 4.90 Å². The van der Waals surface area contributed by atoms with E-state index in [2.05, 4.69) is 0 Å². The lowest BCUT2D eigenvalue weighted by Gasteiger charge is -2.32. The standard InChI is InChI=1S/C12H15NO4S/c1-8(10-3-2-6-18-10)11(14)13-4-5-17-9(7-13)12(15)16/h2-3,6,8-9H,4-5,7H2,1H3,(H,15,16). The number of carbonyl (C=O) groups excluding carboxylic acids is 1. The molecule has 2 unspecified atom stereocenters. The average Bonchev–Trinajstić information content (AvgIpc) is 2.91. The molecule has 98 valence electrons. The number of hydrogen-bond donors (Lipinski definition) is 1. The molecule has 5 nitrogen and oxygen atoms in total. The molecule has 2 atom stereocenters. The van der Waals surface area contributed by atoms with E-state index in [1.807, 2.05) is 24.4 Å². The molecule has 6 heteroatoms. The van der Waals surface area contributed by atoms with Gasteiger partial charge in [-0.25, -0.2) is 4.79 Å². The number of amides is 1. The Morgan fingerprint density at radius 1 is 1.61 bits per heavy atom. The molecule has 0 saturated carbocycles. The van der Waals surface area contributed by atoms with Crippen LogP contribution in [0.1, 0.15) is 17.7 Å². The maximum Gasteiger partial charge on any atom is 0.334 e. The molecule has 1 saturated heterocycles. The van der Waals surface area contributed by atoms with Gasteiger partial charge in [0.25, 0.3) is 0 Å². The molecule has 18 heavy (non-hydrogen) atoms. The fraction of sp³-hybridized carbons (Fsp3) is 0.500. The van der Waals surface area contributed by atoms with Crippen molar-refractivity contribution in [2.75, 3.05) is 19.7 Å². The van der Waals surface area contributed by atoms with Crippen molar-refractivity contribution in [3.8, 4) is 0 Å². The Morgan fingerprint density at radius 2 is 2.39 bits per heavy atom. The van der Waals surface area contributed by atoms with Crippen LogP contribution in [0.15, 0.2) is 17.5 Å². The maximum atomic E-state index is 12.2. The van der Waals surface area contributed by atoms with E-state index in [0.29, 0.717) is 6.54 Å². The third kappa shape index (κ3) is 2.70. The van der Waals surface area contributed by atoms with Crippen LogP contribution >= 0.6 is 11.3 Å². The Morgan fingerprint density at radius 3 is 3.00 bits per heavy atom. The lowest BCUT2D eigenvalue weighted by molar-refractivity contribution is -0.159. The van der Waals surface area contributed by atoms with Gasteiger partial charge in [-0.1, -0.05) is 6.07 Å². The molecule has 1 aromatic rings. The molecule has 1 fully saturated rings. The van der Waals surface area contributed by atoms with Gasteiger partial charge in [0, 0.05) is 11.4 Å². The monoisotopic (exact) mass is 269 g/mol. The fourth-order valence-electron chi connectivity index (χ4n) is 1.93. The Kier molecular flexibility index (Phi) is 3.98. The first-order valence-corrected chi connectivity index (χ1v) is 6.64. The zero-order chi connectivity index (χ0) is 13.1. The number of carboxylic acid groups (broad SMARTS) is 1. The van der Waals surface area contributed by atoms with Gasteiger partial charge in [-0.05, 0) is 18.4 Å². The minimum absolute atomic E-state index is 0.0352. The van der Waals surface area contributed by atoms with Crippen LogP contribution in [-0.4, -0.2) is 47.7 Å². The van der Waals surface area contributed by atoms with Crippen molar-refractivity contribution < 1.29 is 19.4 Å². The highest BCUT2D eigenvalue weighted by atomic mass is 32.1. The highest BCUT2D eigenvalue weighted by Crippen LogP contribution is 2.23. The predicted octanol–water partition coefficient (Wildman–Crippen LogP) is 1.16. The summed E-state index contributed by atoms with van der Waals surface area (Å²) in [5.74, 6) is -1.28. The van der Waals surface area contributed by atoms with Crippen LogP contribution < -0.4 is 0 Å².